The number of ether oxygens (including phenoxy) is 1. The first-order chi connectivity index (χ1) is 12.1. The Morgan fingerprint density at radius 1 is 1.28 bits per heavy atom. The zero-order valence-corrected chi connectivity index (χ0v) is 13.8. The van der Waals surface area contributed by atoms with Crippen LogP contribution in [0.4, 0.5) is 5.69 Å². The van der Waals surface area contributed by atoms with Crippen LogP contribution in [0.1, 0.15) is 23.9 Å². The Kier molecular flexibility index (Phi) is 4.64. The molecule has 3 aromatic rings. The first-order valence-corrected chi connectivity index (χ1v) is 7.69. The van der Waals surface area contributed by atoms with Crippen molar-refractivity contribution in [1.82, 2.24) is 25.2 Å². The van der Waals surface area contributed by atoms with E-state index in [9.17, 15) is 10.1 Å². The van der Waals surface area contributed by atoms with Crippen molar-refractivity contribution in [1.29, 1.82) is 0 Å². The first-order valence-electron chi connectivity index (χ1n) is 7.69. The van der Waals surface area contributed by atoms with Crippen molar-refractivity contribution in [3.05, 3.63) is 63.6 Å². The fraction of sp³-hybridized carbons (Fsp3) is 0.250. The van der Waals surface area contributed by atoms with Crippen LogP contribution in [0, 0.1) is 17.0 Å². The molecule has 0 aliphatic carbocycles. The van der Waals surface area contributed by atoms with E-state index in [1.807, 2.05) is 26.0 Å². The van der Waals surface area contributed by atoms with Crippen molar-refractivity contribution in [3.8, 4) is 11.6 Å². The molecule has 0 saturated carbocycles. The molecule has 0 unspecified atom stereocenters. The van der Waals surface area contributed by atoms with Crippen molar-refractivity contribution >= 4 is 5.69 Å². The van der Waals surface area contributed by atoms with Crippen LogP contribution in [-0.2, 0) is 13.0 Å². The lowest BCUT2D eigenvalue weighted by Crippen LogP contribution is -2.09. The molecule has 3 rings (SSSR count). The number of hydrogen-bond donors (Lipinski definition) is 0. The second kappa shape index (κ2) is 7.04. The minimum atomic E-state index is -0.462. The third-order valence-corrected chi connectivity index (χ3v) is 3.71. The van der Waals surface area contributed by atoms with Gasteiger partial charge in [0, 0.05) is 12.3 Å². The molecule has 2 heterocycles. The molecule has 9 heteroatoms. The Morgan fingerprint density at radius 3 is 2.88 bits per heavy atom. The number of non-ortho nitro benzene ring substituents is 1. The van der Waals surface area contributed by atoms with Crippen LogP contribution in [0.15, 0.2) is 36.5 Å². The fourth-order valence-corrected chi connectivity index (χ4v) is 2.27. The van der Waals surface area contributed by atoms with E-state index >= 15 is 0 Å². The molecule has 0 bridgehead atoms. The van der Waals surface area contributed by atoms with Crippen LogP contribution in [0.5, 0.6) is 5.75 Å². The Balaban J connectivity index is 1.82. The second-order valence-corrected chi connectivity index (χ2v) is 5.38. The maximum atomic E-state index is 10.9. The lowest BCUT2D eigenvalue weighted by Gasteiger charge is -2.09. The molecule has 9 nitrogen and oxygen atoms in total. The van der Waals surface area contributed by atoms with Gasteiger partial charge in [-0.1, -0.05) is 6.92 Å². The highest BCUT2D eigenvalue weighted by atomic mass is 16.6. The molecule has 128 valence electrons. The highest BCUT2D eigenvalue weighted by Crippen LogP contribution is 2.24. The number of nitro groups is 1. The molecule has 0 radical (unpaired) electrons. The molecular formula is C16H16N6O3. The smallest absolute Gasteiger partial charge is 0.273 e. The van der Waals surface area contributed by atoms with Gasteiger partial charge >= 0.3 is 0 Å². The second-order valence-electron chi connectivity index (χ2n) is 5.38. The summed E-state index contributed by atoms with van der Waals surface area (Å²) in [6, 6.07) is 8.30. The molecular weight excluding hydrogens is 324 g/mol. The zero-order valence-electron chi connectivity index (χ0n) is 13.8. The van der Waals surface area contributed by atoms with Crippen LogP contribution in [0.2, 0.25) is 0 Å². The molecule has 2 aromatic heterocycles. The van der Waals surface area contributed by atoms with E-state index in [0.29, 0.717) is 17.4 Å². The maximum Gasteiger partial charge on any atom is 0.273 e. The molecule has 25 heavy (non-hydrogen) atoms. The van der Waals surface area contributed by atoms with Crippen LogP contribution < -0.4 is 4.74 Å². The lowest BCUT2D eigenvalue weighted by molar-refractivity contribution is -0.385. The van der Waals surface area contributed by atoms with Gasteiger partial charge in [0.05, 0.1) is 11.0 Å². The first kappa shape index (κ1) is 16.5. The van der Waals surface area contributed by atoms with Crippen molar-refractivity contribution in [2.75, 3.05) is 0 Å². The van der Waals surface area contributed by atoms with Gasteiger partial charge in [0.1, 0.15) is 12.4 Å². The van der Waals surface area contributed by atoms with Gasteiger partial charge in [0.15, 0.2) is 11.6 Å². The Labute approximate surface area is 143 Å². The minimum Gasteiger partial charge on any atom is -0.485 e. The summed E-state index contributed by atoms with van der Waals surface area (Å²) in [4.78, 5) is 14.7. The Hall–Kier alpha value is -3.36. The summed E-state index contributed by atoms with van der Waals surface area (Å²) in [6.07, 6.45) is 2.57. The average Bonchev–Trinajstić information content (AvgIpc) is 3.09. The summed E-state index contributed by atoms with van der Waals surface area (Å²) in [6.45, 7) is 3.93. The number of nitrogens with zero attached hydrogens (tertiary/aromatic N) is 6. The SMILES string of the molecule is CCc1ccnc(-n2nnnc2COc2cc([N+](=O)[O-])ccc2C)c1. The number of pyridine rings is 1. The predicted octanol–water partition coefficient (Wildman–Crippen LogP) is 2.42. The summed E-state index contributed by atoms with van der Waals surface area (Å²) in [7, 11) is 0. The molecule has 0 atom stereocenters. The van der Waals surface area contributed by atoms with Crippen molar-refractivity contribution < 1.29 is 9.66 Å². The third kappa shape index (κ3) is 3.60. The number of hydrogen-bond acceptors (Lipinski definition) is 7. The Morgan fingerprint density at radius 2 is 2.12 bits per heavy atom. The number of aryl methyl sites for hydroxylation is 2. The molecule has 0 aliphatic heterocycles. The van der Waals surface area contributed by atoms with Gasteiger partial charge in [-0.2, -0.15) is 4.68 Å². The number of rotatable bonds is 6. The van der Waals surface area contributed by atoms with E-state index in [1.165, 1.54) is 16.8 Å². The molecule has 0 fully saturated rings. The third-order valence-electron chi connectivity index (χ3n) is 3.71. The predicted molar refractivity (Wildman–Crippen MR) is 88.5 cm³/mol. The average molecular weight is 340 g/mol. The maximum absolute atomic E-state index is 10.9. The molecule has 0 aliphatic rings. The van der Waals surface area contributed by atoms with Gasteiger partial charge in [-0.05, 0) is 53.1 Å². The van der Waals surface area contributed by atoms with E-state index in [2.05, 4.69) is 20.5 Å². The lowest BCUT2D eigenvalue weighted by atomic mass is 10.2. The van der Waals surface area contributed by atoms with E-state index in [-0.39, 0.29) is 12.3 Å². The minimum absolute atomic E-state index is 0.0301. The van der Waals surface area contributed by atoms with Crippen molar-refractivity contribution in [2.24, 2.45) is 0 Å². The van der Waals surface area contributed by atoms with E-state index < -0.39 is 4.92 Å². The summed E-state index contributed by atoms with van der Waals surface area (Å²) in [5, 5.41) is 22.5. The van der Waals surface area contributed by atoms with E-state index in [0.717, 1.165) is 17.5 Å². The fourth-order valence-electron chi connectivity index (χ4n) is 2.27. The van der Waals surface area contributed by atoms with Gasteiger partial charge in [0.2, 0.25) is 0 Å². The molecule has 1 aromatic carbocycles. The molecule has 0 spiro atoms. The van der Waals surface area contributed by atoms with Gasteiger partial charge in [0.25, 0.3) is 5.69 Å². The monoisotopic (exact) mass is 340 g/mol. The van der Waals surface area contributed by atoms with Crippen LogP contribution in [0.25, 0.3) is 5.82 Å². The molecule has 0 amide bonds. The normalized spacial score (nSPS) is 10.6. The summed E-state index contributed by atoms with van der Waals surface area (Å²) in [5.74, 6) is 1.46. The van der Waals surface area contributed by atoms with E-state index in [1.54, 1.807) is 12.3 Å². The highest BCUT2D eigenvalue weighted by Gasteiger charge is 2.13. The number of benzene rings is 1. The van der Waals surface area contributed by atoms with Crippen LogP contribution in [0.3, 0.4) is 0 Å². The van der Waals surface area contributed by atoms with Gasteiger partial charge in [-0.15, -0.1) is 5.10 Å². The van der Waals surface area contributed by atoms with E-state index in [4.69, 9.17) is 4.74 Å². The molecule has 0 N–H and O–H groups in total. The topological polar surface area (TPSA) is 109 Å². The molecule has 0 saturated heterocycles. The summed E-state index contributed by atoms with van der Waals surface area (Å²) < 4.78 is 7.19. The van der Waals surface area contributed by atoms with Gasteiger partial charge < -0.3 is 4.74 Å². The van der Waals surface area contributed by atoms with Crippen molar-refractivity contribution in [3.63, 3.8) is 0 Å². The standard InChI is InChI=1S/C16H16N6O3/c1-3-12-6-7-17-15(8-12)21-16(18-19-20-21)10-25-14-9-13(22(23)24)5-4-11(14)2/h4-9H,3,10H2,1-2H3. The highest BCUT2D eigenvalue weighted by molar-refractivity contribution is 5.43. The summed E-state index contributed by atoms with van der Waals surface area (Å²) >= 11 is 0. The summed E-state index contributed by atoms with van der Waals surface area (Å²) in [5.41, 5.74) is 1.87. The Bertz CT molecular complexity index is 908. The number of aromatic nitrogens is 5. The number of nitro benzene ring substituents is 1. The van der Waals surface area contributed by atoms with Crippen LogP contribution >= 0.6 is 0 Å². The van der Waals surface area contributed by atoms with Crippen molar-refractivity contribution in [2.45, 2.75) is 26.9 Å². The van der Waals surface area contributed by atoms with Crippen LogP contribution in [-0.4, -0.2) is 30.1 Å². The van der Waals surface area contributed by atoms with Gasteiger partial charge in [-0.25, -0.2) is 4.98 Å². The largest absolute Gasteiger partial charge is 0.485 e. The number of tetrazole rings is 1. The quantitative estimate of drug-likeness (QED) is 0.500. The zero-order chi connectivity index (χ0) is 17.8. The van der Waals surface area contributed by atoms with Gasteiger partial charge in [-0.3, -0.25) is 10.1 Å².